The van der Waals surface area contributed by atoms with Crippen LogP contribution in [0.4, 0.5) is 0 Å². The zero-order valence-corrected chi connectivity index (χ0v) is 27.3. The molecule has 2 saturated carbocycles. The summed E-state index contributed by atoms with van der Waals surface area (Å²) >= 11 is 0. The monoisotopic (exact) mass is 618 g/mol. The summed E-state index contributed by atoms with van der Waals surface area (Å²) in [5, 5.41) is 0. The van der Waals surface area contributed by atoms with Gasteiger partial charge in [-0.1, -0.05) is 191 Å². The molecule has 2 fully saturated rings. The van der Waals surface area contributed by atoms with Gasteiger partial charge >= 0.3 is 0 Å². The first-order valence-corrected chi connectivity index (χ1v) is 16.5. The molecular formula is C43H46Fe. The van der Waals surface area contributed by atoms with Crippen molar-refractivity contribution in [1.82, 2.24) is 0 Å². The van der Waals surface area contributed by atoms with E-state index in [-0.39, 0.29) is 17.1 Å². The molecule has 0 heterocycles. The largest absolute Gasteiger partial charge is 0.0625 e. The summed E-state index contributed by atoms with van der Waals surface area (Å²) in [6, 6.07) is 56.1. The van der Waals surface area contributed by atoms with Gasteiger partial charge in [-0.3, -0.25) is 0 Å². The summed E-state index contributed by atoms with van der Waals surface area (Å²) in [7, 11) is 0. The number of rotatable bonds is 6. The second-order valence-electron chi connectivity index (χ2n) is 13.0. The molecule has 0 spiro atoms. The van der Waals surface area contributed by atoms with Crippen molar-refractivity contribution >= 4 is 0 Å². The molecule has 0 amide bonds. The first-order valence-electron chi connectivity index (χ1n) is 16.5. The molecule has 0 aliphatic heterocycles. The summed E-state index contributed by atoms with van der Waals surface area (Å²) in [5.41, 5.74) is 7.13. The van der Waals surface area contributed by atoms with Gasteiger partial charge in [-0.25, -0.2) is 0 Å². The SMILES string of the molecule is CC(C)C1CCCC1.[Fe].c1ccc(C2C(c3ccccc3)C(c3ccccc3)C(c3ccccc3)C2c2ccccc2)cc1. The normalized spacial score (nSPS) is 23.0. The Bertz CT molecular complexity index is 1230. The van der Waals surface area contributed by atoms with Gasteiger partial charge in [0.1, 0.15) is 0 Å². The van der Waals surface area contributed by atoms with Crippen molar-refractivity contribution in [3.05, 3.63) is 179 Å². The van der Waals surface area contributed by atoms with Crippen molar-refractivity contribution in [2.75, 3.05) is 0 Å². The van der Waals surface area contributed by atoms with Gasteiger partial charge in [0.25, 0.3) is 0 Å². The third-order valence-corrected chi connectivity index (χ3v) is 10.2. The van der Waals surface area contributed by atoms with Gasteiger partial charge in [-0.15, -0.1) is 0 Å². The fraction of sp³-hybridized carbons (Fsp3) is 0.302. The van der Waals surface area contributed by atoms with E-state index in [0.29, 0.717) is 29.6 Å². The molecule has 0 N–H and O–H groups in total. The number of benzene rings is 5. The first kappa shape index (κ1) is 32.0. The molecule has 44 heavy (non-hydrogen) atoms. The molecule has 0 nitrogen and oxygen atoms in total. The van der Waals surface area contributed by atoms with Crippen molar-refractivity contribution < 1.29 is 17.1 Å². The van der Waals surface area contributed by atoms with E-state index < -0.39 is 0 Å². The molecule has 0 saturated heterocycles. The molecule has 5 aromatic rings. The molecule has 0 unspecified atom stereocenters. The molecule has 226 valence electrons. The maximum Gasteiger partial charge on any atom is 0 e. The third-order valence-electron chi connectivity index (χ3n) is 10.2. The zero-order valence-electron chi connectivity index (χ0n) is 26.2. The standard InChI is InChI=1S/C35H30.C8H16.Fe/c1-6-16-26(17-7-1)31-32(27-18-8-2-9-19-27)34(29-22-12-4-13-23-29)35(30-24-14-5-15-25-30)33(31)28-20-10-3-11-21-28;1-7(2)8-5-3-4-6-8;/h1-25,31-35H;7-8H,3-6H2,1-2H3;. The molecule has 0 bridgehead atoms. The van der Waals surface area contributed by atoms with Crippen LogP contribution in [0.2, 0.25) is 0 Å². The van der Waals surface area contributed by atoms with Crippen LogP contribution in [0.3, 0.4) is 0 Å². The summed E-state index contributed by atoms with van der Waals surface area (Å²) in [6.07, 6.45) is 5.97. The molecular weight excluding hydrogens is 572 g/mol. The van der Waals surface area contributed by atoms with E-state index in [2.05, 4.69) is 166 Å². The minimum atomic E-state index is 0. The van der Waals surface area contributed by atoms with Gasteiger partial charge in [0.15, 0.2) is 0 Å². The molecule has 1 heteroatoms. The molecule has 0 atom stereocenters. The van der Waals surface area contributed by atoms with Gasteiger partial charge in [0.05, 0.1) is 0 Å². The summed E-state index contributed by atoms with van der Waals surface area (Å²) in [4.78, 5) is 0. The fourth-order valence-electron chi connectivity index (χ4n) is 8.19. The average molecular weight is 619 g/mol. The van der Waals surface area contributed by atoms with Gasteiger partial charge < -0.3 is 0 Å². The molecule has 7 rings (SSSR count). The number of hydrogen-bond acceptors (Lipinski definition) is 0. The average Bonchev–Trinajstić information content (AvgIpc) is 3.75. The van der Waals surface area contributed by atoms with Crippen LogP contribution in [0.25, 0.3) is 0 Å². The van der Waals surface area contributed by atoms with E-state index in [9.17, 15) is 0 Å². The van der Waals surface area contributed by atoms with Crippen molar-refractivity contribution in [3.8, 4) is 0 Å². The van der Waals surface area contributed by atoms with Crippen LogP contribution >= 0.6 is 0 Å². The van der Waals surface area contributed by atoms with Crippen molar-refractivity contribution in [1.29, 1.82) is 0 Å². The Morgan fingerprint density at radius 2 is 0.568 bits per heavy atom. The predicted octanol–water partition coefficient (Wildman–Crippen LogP) is 11.7. The van der Waals surface area contributed by atoms with E-state index in [1.807, 2.05) is 0 Å². The Kier molecular flexibility index (Phi) is 11.3. The Hall–Kier alpha value is -3.38. The molecule has 2 aliphatic carbocycles. The predicted molar refractivity (Wildman–Crippen MR) is 183 cm³/mol. The minimum Gasteiger partial charge on any atom is -0.0625 e. The van der Waals surface area contributed by atoms with Crippen LogP contribution in [-0.2, 0) is 17.1 Å². The zero-order chi connectivity index (χ0) is 29.4. The topological polar surface area (TPSA) is 0 Å². The van der Waals surface area contributed by atoms with Crippen LogP contribution in [0, 0.1) is 11.8 Å². The van der Waals surface area contributed by atoms with Crippen molar-refractivity contribution in [3.63, 3.8) is 0 Å². The smallest absolute Gasteiger partial charge is 0 e. The third kappa shape index (κ3) is 7.12. The molecule has 2 aliphatic rings. The van der Waals surface area contributed by atoms with E-state index in [0.717, 1.165) is 11.8 Å². The van der Waals surface area contributed by atoms with Crippen molar-refractivity contribution in [2.24, 2.45) is 11.8 Å². The molecule has 5 aromatic carbocycles. The van der Waals surface area contributed by atoms with Crippen LogP contribution in [0.15, 0.2) is 152 Å². The van der Waals surface area contributed by atoms with Crippen molar-refractivity contribution in [2.45, 2.75) is 69.1 Å². The maximum absolute atomic E-state index is 2.34. The number of hydrogen-bond donors (Lipinski definition) is 0. The van der Waals surface area contributed by atoms with Gasteiger partial charge in [-0.05, 0) is 69.2 Å². The Balaban J connectivity index is 0.000000373. The van der Waals surface area contributed by atoms with Crippen LogP contribution < -0.4 is 0 Å². The fourth-order valence-corrected chi connectivity index (χ4v) is 8.19. The van der Waals surface area contributed by atoms with Gasteiger partial charge in [-0.2, -0.15) is 0 Å². The van der Waals surface area contributed by atoms with E-state index in [1.165, 1.54) is 53.5 Å². The molecule has 0 aromatic heterocycles. The Labute approximate surface area is 276 Å². The van der Waals surface area contributed by atoms with Gasteiger partial charge in [0, 0.05) is 17.1 Å². The first-order chi connectivity index (χ1) is 21.2. The van der Waals surface area contributed by atoms with Crippen LogP contribution in [-0.4, -0.2) is 0 Å². The van der Waals surface area contributed by atoms with Gasteiger partial charge in [0.2, 0.25) is 0 Å². The maximum atomic E-state index is 2.34. The minimum absolute atomic E-state index is 0. The molecule has 0 radical (unpaired) electrons. The second kappa shape index (κ2) is 15.6. The Morgan fingerprint density at radius 3 is 0.727 bits per heavy atom. The quantitative estimate of drug-likeness (QED) is 0.166. The van der Waals surface area contributed by atoms with E-state index in [1.54, 1.807) is 0 Å². The summed E-state index contributed by atoms with van der Waals surface area (Å²) in [6.45, 7) is 4.69. The Morgan fingerprint density at radius 1 is 0.364 bits per heavy atom. The van der Waals surface area contributed by atoms with Crippen LogP contribution in [0.1, 0.15) is 96.9 Å². The summed E-state index contributed by atoms with van der Waals surface area (Å²) in [5.74, 6) is 3.80. The van der Waals surface area contributed by atoms with Crippen LogP contribution in [0.5, 0.6) is 0 Å². The second-order valence-corrected chi connectivity index (χ2v) is 13.0. The summed E-state index contributed by atoms with van der Waals surface area (Å²) < 4.78 is 0. The van der Waals surface area contributed by atoms with E-state index >= 15 is 0 Å². The van der Waals surface area contributed by atoms with E-state index in [4.69, 9.17) is 0 Å².